The van der Waals surface area contributed by atoms with Crippen LogP contribution < -0.4 is 20.1 Å². The third-order valence-corrected chi connectivity index (χ3v) is 3.29. The number of nitrogens with one attached hydrogen (secondary N) is 2. The number of amides is 1. The number of carbonyl (C=O) groups excluding carboxylic acids is 1. The van der Waals surface area contributed by atoms with Gasteiger partial charge in [0.25, 0.3) is 0 Å². The minimum Gasteiger partial charge on any atom is -0.497 e. The molecule has 0 aliphatic carbocycles. The molecule has 1 atom stereocenters. The van der Waals surface area contributed by atoms with Crippen LogP contribution in [0.5, 0.6) is 11.5 Å². The van der Waals surface area contributed by atoms with Crippen molar-refractivity contribution in [2.75, 3.05) is 24.9 Å². The second-order valence-corrected chi connectivity index (χ2v) is 4.93. The Labute approximate surface area is 134 Å². The van der Waals surface area contributed by atoms with E-state index in [1.807, 2.05) is 0 Å². The molecule has 2 rings (SSSR count). The molecular formula is C17H19FN2O3. The zero-order valence-electron chi connectivity index (χ0n) is 13.2. The average molecular weight is 318 g/mol. The highest BCUT2D eigenvalue weighted by atomic mass is 19.1. The van der Waals surface area contributed by atoms with E-state index in [4.69, 9.17) is 9.47 Å². The Morgan fingerprint density at radius 2 is 1.78 bits per heavy atom. The maximum absolute atomic E-state index is 12.9. The highest BCUT2D eigenvalue weighted by Crippen LogP contribution is 2.29. The number of hydrogen-bond donors (Lipinski definition) is 2. The van der Waals surface area contributed by atoms with Crippen LogP contribution >= 0.6 is 0 Å². The number of carbonyl (C=O) groups is 1. The van der Waals surface area contributed by atoms with Crippen molar-refractivity contribution in [3.8, 4) is 11.5 Å². The van der Waals surface area contributed by atoms with E-state index in [0.717, 1.165) is 0 Å². The summed E-state index contributed by atoms with van der Waals surface area (Å²) in [6.07, 6.45) is 0. The number of methoxy groups -OCH3 is 2. The molecule has 0 spiro atoms. The zero-order chi connectivity index (χ0) is 16.8. The fourth-order valence-corrected chi connectivity index (χ4v) is 2.01. The standard InChI is InChI=1S/C17H19FN2O3/c1-11(19-13-6-4-12(18)5-7-13)17(21)20-15-10-14(22-2)8-9-16(15)23-3/h4-11,19H,1-3H3,(H,20,21)/t11-/m1/s1. The molecule has 0 aliphatic heterocycles. The lowest BCUT2D eigenvalue weighted by Gasteiger charge is -2.17. The largest absolute Gasteiger partial charge is 0.497 e. The van der Waals surface area contributed by atoms with Crippen LogP contribution in [0.4, 0.5) is 15.8 Å². The smallest absolute Gasteiger partial charge is 0.246 e. The minimum absolute atomic E-state index is 0.249. The highest BCUT2D eigenvalue weighted by Gasteiger charge is 2.15. The number of anilines is 2. The van der Waals surface area contributed by atoms with Gasteiger partial charge in [-0.25, -0.2) is 4.39 Å². The summed E-state index contributed by atoms with van der Waals surface area (Å²) in [7, 11) is 3.07. The van der Waals surface area contributed by atoms with Gasteiger partial charge in [-0.15, -0.1) is 0 Å². The Morgan fingerprint density at radius 1 is 1.09 bits per heavy atom. The topological polar surface area (TPSA) is 59.6 Å². The molecule has 0 aliphatic rings. The van der Waals surface area contributed by atoms with Crippen LogP contribution in [0.1, 0.15) is 6.92 Å². The van der Waals surface area contributed by atoms with E-state index in [2.05, 4.69) is 10.6 Å². The van der Waals surface area contributed by atoms with Gasteiger partial charge in [-0.2, -0.15) is 0 Å². The van der Waals surface area contributed by atoms with Gasteiger partial charge in [-0.3, -0.25) is 4.79 Å². The van der Waals surface area contributed by atoms with Crippen molar-refractivity contribution in [3.05, 3.63) is 48.3 Å². The lowest BCUT2D eigenvalue weighted by atomic mass is 10.2. The highest BCUT2D eigenvalue weighted by molar-refractivity contribution is 5.97. The monoisotopic (exact) mass is 318 g/mol. The molecular weight excluding hydrogens is 299 g/mol. The first-order valence-electron chi connectivity index (χ1n) is 7.08. The normalized spacial score (nSPS) is 11.5. The molecule has 0 unspecified atom stereocenters. The van der Waals surface area contributed by atoms with Crippen LogP contribution in [-0.2, 0) is 4.79 Å². The Balaban J connectivity index is 2.07. The Hall–Kier alpha value is -2.76. The summed E-state index contributed by atoms with van der Waals surface area (Å²) >= 11 is 0. The quantitative estimate of drug-likeness (QED) is 0.858. The number of halogens is 1. The van der Waals surface area contributed by atoms with E-state index in [0.29, 0.717) is 22.9 Å². The van der Waals surface area contributed by atoms with E-state index in [-0.39, 0.29) is 11.7 Å². The molecule has 2 aromatic rings. The Bertz CT molecular complexity index is 674. The van der Waals surface area contributed by atoms with Crippen LogP contribution in [0.15, 0.2) is 42.5 Å². The second-order valence-electron chi connectivity index (χ2n) is 4.93. The molecule has 0 radical (unpaired) electrons. The summed E-state index contributed by atoms with van der Waals surface area (Å²) in [4.78, 5) is 12.3. The lowest BCUT2D eigenvalue weighted by molar-refractivity contribution is -0.116. The average Bonchev–Trinajstić information content (AvgIpc) is 2.56. The molecule has 2 N–H and O–H groups in total. The van der Waals surface area contributed by atoms with Crippen LogP contribution in [0.25, 0.3) is 0 Å². The predicted octanol–water partition coefficient (Wildman–Crippen LogP) is 3.28. The first-order chi connectivity index (χ1) is 11.0. The van der Waals surface area contributed by atoms with Gasteiger partial charge in [0.05, 0.1) is 19.9 Å². The fraction of sp³-hybridized carbons (Fsp3) is 0.235. The van der Waals surface area contributed by atoms with Gasteiger partial charge >= 0.3 is 0 Å². The Kier molecular flexibility index (Phi) is 5.41. The van der Waals surface area contributed by atoms with Crippen molar-refractivity contribution in [3.63, 3.8) is 0 Å². The summed E-state index contributed by atoms with van der Waals surface area (Å²) in [5.74, 6) is 0.572. The van der Waals surface area contributed by atoms with Gasteiger partial charge < -0.3 is 20.1 Å². The maximum atomic E-state index is 12.9. The number of ether oxygens (including phenoxy) is 2. The number of hydrogen-bond acceptors (Lipinski definition) is 4. The first kappa shape index (κ1) is 16.6. The van der Waals surface area contributed by atoms with Crippen molar-refractivity contribution >= 4 is 17.3 Å². The first-order valence-corrected chi connectivity index (χ1v) is 7.08. The molecule has 23 heavy (non-hydrogen) atoms. The fourth-order valence-electron chi connectivity index (χ4n) is 2.01. The van der Waals surface area contributed by atoms with Crippen LogP contribution in [0.2, 0.25) is 0 Å². The predicted molar refractivity (Wildman–Crippen MR) is 87.7 cm³/mol. The summed E-state index contributed by atoms with van der Waals surface area (Å²) in [6, 6.07) is 10.4. The third-order valence-electron chi connectivity index (χ3n) is 3.29. The molecule has 0 saturated carbocycles. The molecule has 0 heterocycles. The van der Waals surface area contributed by atoms with E-state index >= 15 is 0 Å². The van der Waals surface area contributed by atoms with Gasteiger partial charge in [0.15, 0.2) is 0 Å². The molecule has 1 amide bonds. The molecule has 5 nitrogen and oxygen atoms in total. The van der Waals surface area contributed by atoms with Crippen molar-refractivity contribution in [1.29, 1.82) is 0 Å². The molecule has 122 valence electrons. The van der Waals surface area contributed by atoms with Gasteiger partial charge in [-0.05, 0) is 43.3 Å². The van der Waals surface area contributed by atoms with E-state index < -0.39 is 6.04 Å². The van der Waals surface area contributed by atoms with E-state index in [1.165, 1.54) is 19.2 Å². The van der Waals surface area contributed by atoms with E-state index in [1.54, 1.807) is 44.4 Å². The zero-order valence-corrected chi connectivity index (χ0v) is 13.2. The van der Waals surface area contributed by atoms with Crippen molar-refractivity contribution in [1.82, 2.24) is 0 Å². The van der Waals surface area contributed by atoms with Crippen LogP contribution in [-0.4, -0.2) is 26.2 Å². The molecule has 0 bridgehead atoms. The van der Waals surface area contributed by atoms with Gasteiger partial charge in [-0.1, -0.05) is 0 Å². The van der Waals surface area contributed by atoms with Gasteiger partial charge in [0.1, 0.15) is 23.4 Å². The SMILES string of the molecule is COc1ccc(OC)c(NC(=O)[C@@H](C)Nc2ccc(F)cc2)c1. The van der Waals surface area contributed by atoms with E-state index in [9.17, 15) is 9.18 Å². The maximum Gasteiger partial charge on any atom is 0.246 e. The molecule has 0 saturated heterocycles. The van der Waals surface area contributed by atoms with Gasteiger partial charge in [0, 0.05) is 11.8 Å². The molecule has 0 aromatic heterocycles. The third kappa shape index (κ3) is 4.35. The summed E-state index contributed by atoms with van der Waals surface area (Å²) in [6.45, 7) is 1.71. The summed E-state index contributed by atoms with van der Waals surface area (Å²) in [5, 5.41) is 5.79. The van der Waals surface area contributed by atoms with Crippen LogP contribution in [0.3, 0.4) is 0 Å². The Morgan fingerprint density at radius 3 is 2.39 bits per heavy atom. The molecule has 2 aromatic carbocycles. The van der Waals surface area contributed by atoms with Crippen molar-refractivity contribution in [2.45, 2.75) is 13.0 Å². The number of rotatable bonds is 6. The second kappa shape index (κ2) is 7.49. The van der Waals surface area contributed by atoms with Gasteiger partial charge in [0.2, 0.25) is 5.91 Å². The summed E-state index contributed by atoms with van der Waals surface area (Å²) in [5.41, 5.74) is 1.18. The number of benzene rings is 2. The molecule has 6 heteroatoms. The van der Waals surface area contributed by atoms with Crippen molar-refractivity contribution < 1.29 is 18.7 Å². The lowest BCUT2D eigenvalue weighted by Crippen LogP contribution is -2.32. The van der Waals surface area contributed by atoms with Crippen molar-refractivity contribution in [2.24, 2.45) is 0 Å². The minimum atomic E-state index is -0.517. The van der Waals surface area contributed by atoms with Crippen LogP contribution in [0, 0.1) is 5.82 Å². The molecule has 0 fully saturated rings. The summed E-state index contributed by atoms with van der Waals surface area (Å²) < 4.78 is 23.3.